The summed E-state index contributed by atoms with van der Waals surface area (Å²) < 4.78 is 4.94. The molecule has 5 nitrogen and oxygen atoms in total. The predicted octanol–water partition coefficient (Wildman–Crippen LogP) is 4.96. The molecule has 1 aromatic heterocycles. The third-order valence-corrected chi connectivity index (χ3v) is 4.54. The van der Waals surface area contributed by atoms with Crippen LogP contribution in [0.1, 0.15) is 35.8 Å². The number of nitrogens with zero attached hydrogens (tertiary/aromatic N) is 1. The fraction of sp³-hybridized carbons (Fsp3) is 0.235. The van der Waals surface area contributed by atoms with Gasteiger partial charge in [0, 0.05) is 11.9 Å². The van der Waals surface area contributed by atoms with Crippen LogP contribution in [0.5, 0.6) is 0 Å². The van der Waals surface area contributed by atoms with Crippen LogP contribution in [0.3, 0.4) is 0 Å². The van der Waals surface area contributed by atoms with Gasteiger partial charge < -0.3 is 10.1 Å². The first-order valence-electron chi connectivity index (χ1n) is 7.36. The van der Waals surface area contributed by atoms with Crippen LogP contribution in [0.2, 0.25) is 15.1 Å². The normalized spacial score (nSPS) is 10.6. The minimum absolute atomic E-state index is 0.000552. The number of ether oxygens (including phenoxy) is 1. The van der Waals surface area contributed by atoms with Crippen LogP contribution in [0.25, 0.3) is 0 Å². The van der Waals surface area contributed by atoms with Crippen LogP contribution in [-0.2, 0) is 9.53 Å². The van der Waals surface area contributed by atoms with Gasteiger partial charge in [0.1, 0.15) is 0 Å². The van der Waals surface area contributed by atoms with Crippen LogP contribution in [-0.4, -0.2) is 23.5 Å². The number of amides is 1. The smallest absolute Gasteiger partial charge is 0.359 e. The lowest BCUT2D eigenvalue weighted by Crippen LogP contribution is -2.22. The van der Waals surface area contributed by atoms with E-state index in [-0.39, 0.29) is 26.7 Å². The first kappa shape index (κ1) is 19.5. The van der Waals surface area contributed by atoms with Crippen molar-refractivity contribution in [3.63, 3.8) is 0 Å². The maximum atomic E-state index is 12.0. The van der Waals surface area contributed by atoms with E-state index in [1.54, 1.807) is 6.07 Å². The lowest BCUT2D eigenvalue weighted by atomic mass is 10.0. The maximum absolute atomic E-state index is 12.0. The number of anilines is 1. The molecule has 0 radical (unpaired) electrons. The van der Waals surface area contributed by atoms with E-state index in [1.165, 1.54) is 6.20 Å². The highest BCUT2D eigenvalue weighted by atomic mass is 35.5. The van der Waals surface area contributed by atoms with Gasteiger partial charge in [0.25, 0.3) is 5.91 Å². The van der Waals surface area contributed by atoms with E-state index in [9.17, 15) is 9.59 Å². The number of hydrogen-bond acceptors (Lipinski definition) is 4. The highest BCUT2D eigenvalue weighted by molar-refractivity contribution is 6.48. The summed E-state index contributed by atoms with van der Waals surface area (Å²) in [6.45, 7) is 3.55. The van der Waals surface area contributed by atoms with Gasteiger partial charge in [0.15, 0.2) is 12.3 Å². The fourth-order valence-corrected chi connectivity index (χ4v) is 2.64. The van der Waals surface area contributed by atoms with Crippen molar-refractivity contribution >= 4 is 52.4 Å². The SMILES string of the molecule is CC(C)c1ccccc1NC(=O)COC(=O)c1ncc(Cl)c(Cl)c1Cl. The zero-order valence-corrected chi connectivity index (χ0v) is 15.7. The highest BCUT2D eigenvalue weighted by Gasteiger charge is 2.19. The van der Waals surface area contributed by atoms with Crippen molar-refractivity contribution in [2.45, 2.75) is 19.8 Å². The molecular weight excluding hydrogens is 387 g/mol. The Morgan fingerprint density at radius 2 is 1.84 bits per heavy atom. The average Bonchev–Trinajstić information content (AvgIpc) is 2.58. The van der Waals surface area contributed by atoms with Gasteiger partial charge in [0.05, 0.1) is 15.1 Å². The molecule has 0 bridgehead atoms. The number of pyridine rings is 1. The van der Waals surface area contributed by atoms with Crippen LogP contribution >= 0.6 is 34.8 Å². The largest absolute Gasteiger partial charge is 0.451 e. The molecule has 25 heavy (non-hydrogen) atoms. The molecule has 2 rings (SSSR count). The van der Waals surface area contributed by atoms with Crippen molar-refractivity contribution in [1.82, 2.24) is 4.98 Å². The minimum Gasteiger partial charge on any atom is -0.451 e. The minimum atomic E-state index is -0.865. The van der Waals surface area contributed by atoms with E-state index in [0.29, 0.717) is 5.69 Å². The Morgan fingerprint density at radius 1 is 1.16 bits per heavy atom. The van der Waals surface area contributed by atoms with Crippen molar-refractivity contribution in [2.75, 3.05) is 11.9 Å². The Hall–Kier alpha value is -1.82. The molecule has 1 aromatic carbocycles. The van der Waals surface area contributed by atoms with Gasteiger partial charge in [-0.05, 0) is 17.5 Å². The second-order valence-corrected chi connectivity index (χ2v) is 6.61. The van der Waals surface area contributed by atoms with E-state index < -0.39 is 18.5 Å². The van der Waals surface area contributed by atoms with Crippen molar-refractivity contribution < 1.29 is 14.3 Å². The van der Waals surface area contributed by atoms with Crippen LogP contribution in [0.4, 0.5) is 5.69 Å². The Bertz CT molecular complexity index is 810. The predicted molar refractivity (Wildman–Crippen MR) is 98.7 cm³/mol. The summed E-state index contributed by atoms with van der Waals surface area (Å²) in [5, 5.41) is 2.71. The lowest BCUT2D eigenvalue weighted by molar-refractivity contribution is -0.119. The molecule has 8 heteroatoms. The standard InChI is InChI=1S/C17H15Cl3N2O3/c1-9(2)10-5-3-4-6-12(10)22-13(23)8-25-17(24)16-15(20)14(19)11(18)7-21-16/h3-7,9H,8H2,1-2H3,(H,22,23). The molecule has 0 aliphatic rings. The average molecular weight is 402 g/mol. The lowest BCUT2D eigenvalue weighted by Gasteiger charge is -2.13. The number of halogens is 3. The fourth-order valence-electron chi connectivity index (χ4n) is 2.09. The Kier molecular flexibility index (Phi) is 6.64. The number of carbonyl (C=O) groups is 2. The molecular formula is C17H15Cl3N2O3. The first-order valence-corrected chi connectivity index (χ1v) is 8.50. The molecule has 0 saturated heterocycles. The first-order chi connectivity index (χ1) is 11.8. The number of rotatable bonds is 5. The van der Waals surface area contributed by atoms with Crippen molar-refractivity contribution in [3.05, 3.63) is 56.8 Å². The van der Waals surface area contributed by atoms with Gasteiger partial charge in [-0.3, -0.25) is 4.79 Å². The van der Waals surface area contributed by atoms with Gasteiger partial charge in [0.2, 0.25) is 0 Å². The third kappa shape index (κ3) is 4.84. The van der Waals surface area contributed by atoms with Crippen LogP contribution in [0.15, 0.2) is 30.5 Å². The number of aromatic nitrogens is 1. The summed E-state index contributed by atoms with van der Waals surface area (Å²) in [6, 6.07) is 7.41. The summed E-state index contributed by atoms with van der Waals surface area (Å²) in [7, 11) is 0. The molecule has 2 aromatic rings. The van der Waals surface area contributed by atoms with Gasteiger partial charge >= 0.3 is 5.97 Å². The molecule has 132 valence electrons. The molecule has 0 atom stereocenters. The van der Waals surface area contributed by atoms with Gasteiger partial charge in [-0.15, -0.1) is 0 Å². The molecule has 0 saturated carbocycles. The zero-order chi connectivity index (χ0) is 18.6. The Balaban J connectivity index is 2.01. The number of hydrogen-bond donors (Lipinski definition) is 1. The molecule has 1 heterocycles. The van der Waals surface area contributed by atoms with Crippen molar-refractivity contribution in [1.29, 1.82) is 0 Å². The Labute approximate surface area is 160 Å². The summed E-state index contributed by atoms with van der Waals surface area (Å²) in [5.41, 5.74) is 1.45. The molecule has 0 unspecified atom stereocenters. The van der Waals surface area contributed by atoms with E-state index in [2.05, 4.69) is 10.3 Å². The van der Waals surface area contributed by atoms with E-state index >= 15 is 0 Å². The van der Waals surface area contributed by atoms with E-state index in [1.807, 2.05) is 32.0 Å². The summed E-state index contributed by atoms with van der Waals surface area (Å²) in [4.78, 5) is 27.8. The molecule has 0 spiro atoms. The number of nitrogens with one attached hydrogen (secondary N) is 1. The second kappa shape index (κ2) is 8.52. The van der Waals surface area contributed by atoms with Crippen molar-refractivity contribution in [3.8, 4) is 0 Å². The molecule has 1 amide bonds. The maximum Gasteiger partial charge on any atom is 0.359 e. The summed E-state index contributed by atoms with van der Waals surface area (Å²) in [6.07, 6.45) is 1.19. The van der Waals surface area contributed by atoms with E-state index in [4.69, 9.17) is 39.5 Å². The second-order valence-electron chi connectivity index (χ2n) is 5.45. The third-order valence-electron chi connectivity index (χ3n) is 3.30. The van der Waals surface area contributed by atoms with E-state index in [0.717, 1.165) is 5.56 Å². The highest BCUT2D eigenvalue weighted by Crippen LogP contribution is 2.31. The quantitative estimate of drug-likeness (QED) is 0.719. The summed E-state index contributed by atoms with van der Waals surface area (Å²) in [5.74, 6) is -1.10. The summed E-state index contributed by atoms with van der Waals surface area (Å²) >= 11 is 17.5. The van der Waals surface area contributed by atoms with Crippen LogP contribution < -0.4 is 5.32 Å². The molecule has 1 N–H and O–H groups in total. The van der Waals surface area contributed by atoms with Gasteiger partial charge in [-0.1, -0.05) is 66.8 Å². The van der Waals surface area contributed by atoms with Gasteiger partial charge in [-0.2, -0.15) is 0 Å². The monoisotopic (exact) mass is 400 g/mol. The topological polar surface area (TPSA) is 68.3 Å². The molecule has 0 aliphatic carbocycles. The Morgan fingerprint density at radius 3 is 2.52 bits per heavy atom. The van der Waals surface area contributed by atoms with Gasteiger partial charge in [-0.25, -0.2) is 9.78 Å². The zero-order valence-electron chi connectivity index (χ0n) is 13.5. The van der Waals surface area contributed by atoms with Crippen molar-refractivity contribution in [2.24, 2.45) is 0 Å². The van der Waals surface area contributed by atoms with Crippen LogP contribution in [0, 0.1) is 0 Å². The number of esters is 1. The number of benzene rings is 1. The molecule has 0 fully saturated rings. The molecule has 0 aliphatic heterocycles. The number of carbonyl (C=O) groups excluding carboxylic acids is 2. The number of para-hydroxylation sites is 1.